The predicted molar refractivity (Wildman–Crippen MR) is 83.3 cm³/mol. The highest BCUT2D eigenvalue weighted by molar-refractivity contribution is 5.86. The molecule has 0 radical (unpaired) electrons. The van der Waals surface area contributed by atoms with Crippen LogP contribution in [0.2, 0.25) is 0 Å². The van der Waals surface area contributed by atoms with Crippen LogP contribution in [0.1, 0.15) is 31.9 Å². The van der Waals surface area contributed by atoms with Crippen molar-refractivity contribution in [1.29, 1.82) is 0 Å². The quantitative estimate of drug-likeness (QED) is 0.941. The molecule has 0 unspecified atom stereocenters. The highest BCUT2D eigenvalue weighted by Crippen LogP contribution is 2.34. The number of para-hydroxylation sites is 1. The van der Waals surface area contributed by atoms with E-state index in [0.29, 0.717) is 24.4 Å². The van der Waals surface area contributed by atoms with Crippen molar-refractivity contribution in [2.75, 3.05) is 19.7 Å². The normalized spacial score (nSPS) is 17.8. The molecule has 2 aromatic rings. The topological polar surface area (TPSA) is 66.6 Å². The molecule has 118 valence electrons. The number of nitrogens with zero attached hydrogens (tertiary/aromatic N) is 2. The number of rotatable bonds is 4. The van der Waals surface area contributed by atoms with Gasteiger partial charge in [0.15, 0.2) is 5.58 Å². The summed E-state index contributed by atoms with van der Waals surface area (Å²) in [5, 5.41) is 14.5. The summed E-state index contributed by atoms with van der Waals surface area (Å²) in [6.45, 7) is 3.74. The predicted octanol–water partition coefficient (Wildman–Crippen LogP) is 2.38. The second-order valence-electron chi connectivity index (χ2n) is 6.19. The van der Waals surface area contributed by atoms with E-state index in [-0.39, 0.29) is 24.3 Å². The van der Waals surface area contributed by atoms with Crippen LogP contribution in [-0.2, 0) is 11.2 Å². The first kappa shape index (κ1) is 15.0. The molecule has 5 nitrogen and oxygen atoms in total. The van der Waals surface area contributed by atoms with E-state index in [1.165, 1.54) is 0 Å². The van der Waals surface area contributed by atoms with Gasteiger partial charge in [0.2, 0.25) is 5.91 Å². The summed E-state index contributed by atoms with van der Waals surface area (Å²) in [4.78, 5) is 14.4. The van der Waals surface area contributed by atoms with Gasteiger partial charge in [-0.3, -0.25) is 4.79 Å². The van der Waals surface area contributed by atoms with E-state index in [2.05, 4.69) is 12.1 Å². The number of aromatic nitrogens is 1. The number of likely N-dealkylation sites (tertiary alicyclic amines) is 1. The van der Waals surface area contributed by atoms with Gasteiger partial charge in [-0.25, -0.2) is 0 Å². The minimum Gasteiger partial charge on any atom is -0.396 e. The molecule has 1 saturated heterocycles. The highest BCUT2D eigenvalue weighted by Gasteiger charge is 2.34. The number of hydrogen-bond acceptors (Lipinski definition) is 4. The van der Waals surface area contributed by atoms with E-state index >= 15 is 0 Å². The van der Waals surface area contributed by atoms with Crippen LogP contribution in [0.25, 0.3) is 11.0 Å². The van der Waals surface area contributed by atoms with Gasteiger partial charge in [-0.15, -0.1) is 0 Å². The fourth-order valence-electron chi connectivity index (χ4n) is 3.17. The van der Waals surface area contributed by atoms with Crippen molar-refractivity contribution >= 4 is 16.9 Å². The van der Waals surface area contributed by atoms with E-state index in [1.54, 1.807) is 0 Å². The SMILES string of the molecule is CCC1(CO)CCN(C(=O)Cc2noc3ccccc23)CC1. The van der Waals surface area contributed by atoms with Gasteiger partial charge in [-0.1, -0.05) is 24.2 Å². The Hall–Kier alpha value is -1.88. The monoisotopic (exact) mass is 302 g/mol. The summed E-state index contributed by atoms with van der Waals surface area (Å²) in [5.41, 5.74) is 1.42. The maximum absolute atomic E-state index is 12.5. The van der Waals surface area contributed by atoms with Crippen molar-refractivity contribution in [1.82, 2.24) is 10.1 Å². The van der Waals surface area contributed by atoms with Crippen LogP contribution < -0.4 is 0 Å². The first-order chi connectivity index (χ1) is 10.7. The zero-order valence-electron chi connectivity index (χ0n) is 12.9. The second-order valence-corrected chi connectivity index (χ2v) is 6.19. The third-order valence-corrected chi connectivity index (χ3v) is 5.03. The number of aliphatic hydroxyl groups is 1. The molecule has 0 saturated carbocycles. The lowest BCUT2D eigenvalue weighted by Crippen LogP contribution is -2.45. The molecule has 1 fully saturated rings. The molecule has 1 amide bonds. The Morgan fingerprint density at radius 1 is 1.36 bits per heavy atom. The lowest BCUT2D eigenvalue weighted by molar-refractivity contribution is -0.133. The van der Waals surface area contributed by atoms with E-state index in [9.17, 15) is 9.90 Å². The van der Waals surface area contributed by atoms with Crippen molar-refractivity contribution in [3.05, 3.63) is 30.0 Å². The number of amides is 1. The number of benzene rings is 1. The molecule has 5 heteroatoms. The van der Waals surface area contributed by atoms with Crippen LogP contribution in [0.15, 0.2) is 28.8 Å². The Bertz CT molecular complexity index is 651. The first-order valence-corrected chi connectivity index (χ1v) is 7.89. The number of hydrogen-bond donors (Lipinski definition) is 1. The maximum atomic E-state index is 12.5. The lowest BCUT2D eigenvalue weighted by Gasteiger charge is -2.40. The van der Waals surface area contributed by atoms with E-state index in [4.69, 9.17) is 4.52 Å². The zero-order chi connectivity index (χ0) is 15.6. The average Bonchev–Trinajstić information content (AvgIpc) is 2.98. The van der Waals surface area contributed by atoms with Crippen molar-refractivity contribution in [2.45, 2.75) is 32.6 Å². The molecule has 22 heavy (non-hydrogen) atoms. The summed E-state index contributed by atoms with van der Waals surface area (Å²) in [6, 6.07) is 7.60. The van der Waals surface area contributed by atoms with Crippen LogP contribution in [0, 0.1) is 5.41 Å². The van der Waals surface area contributed by atoms with Crippen LogP contribution in [0.5, 0.6) is 0 Å². The number of aliphatic hydroxyl groups excluding tert-OH is 1. The Balaban J connectivity index is 1.66. The molecule has 0 atom stereocenters. The molecule has 1 N–H and O–H groups in total. The molecule has 0 spiro atoms. The van der Waals surface area contributed by atoms with Crippen LogP contribution in [0.4, 0.5) is 0 Å². The summed E-state index contributed by atoms with van der Waals surface area (Å²) in [5.74, 6) is 0.0849. The van der Waals surface area contributed by atoms with Crippen LogP contribution >= 0.6 is 0 Å². The minimum atomic E-state index is -0.00261. The van der Waals surface area contributed by atoms with Crippen molar-refractivity contribution in [3.63, 3.8) is 0 Å². The fraction of sp³-hybridized carbons (Fsp3) is 0.529. The number of carbonyl (C=O) groups excluding carboxylic acids is 1. The molecule has 3 rings (SSSR count). The molecule has 1 aliphatic rings. The number of carbonyl (C=O) groups is 1. The molecule has 0 bridgehead atoms. The number of fused-ring (bicyclic) bond motifs is 1. The first-order valence-electron chi connectivity index (χ1n) is 7.89. The maximum Gasteiger partial charge on any atom is 0.228 e. The van der Waals surface area contributed by atoms with E-state index in [1.807, 2.05) is 29.2 Å². The molecule has 1 aromatic carbocycles. The van der Waals surface area contributed by atoms with Gasteiger partial charge in [-0.05, 0) is 36.8 Å². The van der Waals surface area contributed by atoms with E-state index in [0.717, 1.165) is 24.6 Å². The van der Waals surface area contributed by atoms with Crippen molar-refractivity contribution < 1.29 is 14.4 Å². The van der Waals surface area contributed by atoms with Gasteiger partial charge in [-0.2, -0.15) is 0 Å². The average molecular weight is 302 g/mol. The Kier molecular flexibility index (Phi) is 4.16. The lowest BCUT2D eigenvalue weighted by atomic mass is 9.77. The van der Waals surface area contributed by atoms with Crippen LogP contribution in [0.3, 0.4) is 0 Å². The van der Waals surface area contributed by atoms with Gasteiger partial charge in [0.05, 0.1) is 6.42 Å². The summed E-state index contributed by atoms with van der Waals surface area (Å²) in [7, 11) is 0. The number of piperidine rings is 1. The second kappa shape index (κ2) is 6.08. The third-order valence-electron chi connectivity index (χ3n) is 5.03. The largest absolute Gasteiger partial charge is 0.396 e. The zero-order valence-corrected chi connectivity index (χ0v) is 12.9. The summed E-state index contributed by atoms with van der Waals surface area (Å²) >= 11 is 0. The van der Waals surface area contributed by atoms with Gasteiger partial charge in [0.25, 0.3) is 0 Å². The molecule has 2 heterocycles. The van der Waals surface area contributed by atoms with Gasteiger partial charge in [0.1, 0.15) is 5.69 Å². The fourth-order valence-corrected chi connectivity index (χ4v) is 3.17. The van der Waals surface area contributed by atoms with Gasteiger partial charge in [0, 0.05) is 25.1 Å². The minimum absolute atomic E-state index is 0.00261. The standard InChI is InChI=1S/C17H22N2O3/c1-2-17(12-20)7-9-19(10-8-17)16(21)11-14-13-5-3-4-6-15(13)22-18-14/h3-6,20H,2,7-12H2,1H3. The Morgan fingerprint density at radius 3 is 2.77 bits per heavy atom. The smallest absolute Gasteiger partial charge is 0.228 e. The summed E-state index contributed by atoms with van der Waals surface area (Å²) < 4.78 is 5.25. The molecule has 0 aliphatic carbocycles. The molecular formula is C17H22N2O3. The van der Waals surface area contributed by atoms with Crippen LogP contribution in [-0.4, -0.2) is 40.8 Å². The summed E-state index contributed by atoms with van der Waals surface area (Å²) in [6.07, 6.45) is 2.96. The van der Waals surface area contributed by atoms with Crippen molar-refractivity contribution in [2.24, 2.45) is 5.41 Å². The Labute approximate surface area is 129 Å². The van der Waals surface area contributed by atoms with Gasteiger partial charge < -0.3 is 14.5 Å². The molecule has 1 aliphatic heterocycles. The third kappa shape index (κ3) is 2.73. The molecule has 1 aromatic heterocycles. The van der Waals surface area contributed by atoms with E-state index < -0.39 is 0 Å². The Morgan fingerprint density at radius 2 is 2.09 bits per heavy atom. The van der Waals surface area contributed by atoms with Gasteiger partial charge >= 0.3 is 0 Å². The highest BCUT2D eigenvalue weighted by atomic mass is 16.5. The van der Waals surface area contributed by atoms with Crippen molar-refractivity contribution in [3.8, 4) is 0 Å². The molecular weight excluding hydrogens is 280 g/mol.